The highest BCUT2D eigenvalue weighted by Crippen LogP contribution is 2.33. The second kappa shape index (κ2) is 8.86. The zero-order valence-electron chi connectivity index (χ0n) is 17.1. The summed E-state index contributed by atoms with van der Waals surface area (Å²) in [6.07, 6.45) is 3.11. The largest absolute Gasteiger partial charge is 0.497 e. The Morgan fingerprint density at radius 1 is 1.10 bits per heavy atom. The van der Waals surface area contributed by atoms with Gasteiger partial charge in [-0.25, -0.2) is 0 Å². The van der Waals surface area contributed by atoms with Gasteiger partial charge in [-0.2, -0.15) is 0 Å². The summed E-state index contributed by atoms with van der Waals surface area (Å²) in [7, 11) is 3.15. The van der Waals surface area contributed by atoms with E-state index in [-0.39, 0.29) is 17.7 Å². The SMILES string of the molecule is COc1cc(NC(=O)[C@H]2CCCN(c3nnc(N4CCCC4=O)s3)C2)cc(OC)c1. The average Bonchev–Trinajstić information content (AvgIpc) is 3.42. The maximum Gasteiger partial charge on any atom is 0.229 e. The van der Waals surface area contributed by atoms with Crippen molar-refractivity contribution in [3.05, 3.63) is 18.2 Å². The highest BCUT2D eigenvalue weighted by molar-refractivity contribution is 7.19. The van der Waals surface area contributed by atoms with Crippen LogP contribution in [0, 0.1) is 5.92 Å². The van der Waals surface area contributed by atoms with Gasteiger partial charge >= 0.3 is 0 Å². The number of methoxy groups -OCH3 is 2. The molecule has 10 heteroatoms. The van der Waals surface area contributed by atoms with Gasteiger partial charge in [0.05, 0.1) is 20.1 Å². The fraction of sp³-hybridized carbons (Fsp3) is 0.500. The molecular weight excluding hydrogens is 406 g/mol. The maximum atomic E-state index is 12.9. The Bertz CT molecular complexity index is 911. The summed E-state index contributed by atoms with van der Waals surface area (Å²) in [6.45, 7) is 2.08. The van der Waals surface area contributed by atoms with Crippen LogP contribution < -0.4 is 24.6 Å². The van der Waals surface area contributed by atoms with Crippen molar-refractivity contribution in [3.63, 3.8) is 0 Å². The molecule has 0 aliphatic carbocycles. The smallest absolute Gasteiger partial charge is 0.229 e. The van der Waals surface area contributed by atoms with Gasteiger partial charge in [-0.1, -0.05) is 11.3 Å². The maximum absolute atomic E-state index is 12.9. The molecule has 0 spiro atoms. The van der Waals surface area contributed by atoms with Gasteiger partial charge in [0, 0.05) is 49.9 Å². The molecule has 1 N–H and O–H groups in total. The molecule has 0 bridgehead atoms. The van der Waals surface area contributed by atoms with E-state index in [0.717, 1.165) is 30.9 Å². The molecule has 1 aromatic heterocycles. The summed E-state index contributed by atoms with van der Waals surface area (Å²) in [6, 6.07) is 5.30. The van der Waals surface area contributed by atoms with Gasteiger partial charge in [0.2, 0.25) is 22.1 Å². The van der Waals surface area contributed by atoms with Gasteiger partial charge in [0.25, 0.3) is 0 Å². The number of piperidine rings is 1. The number of amides is 2. The molecule has 0 unspecified atom stereocenters. The van der Waals surface area contributed by atoms with Crippen LogP contribution in [0.4, 0.5) is 16.0 Å². The number of aromatic nitrogens is 2. The fourth-order valence-electron chi connectivity index (χ4n) is 3.78. The topological polar surface area (TPSA) is 96.9 Å². The molecule has 2 aliphatic heterocycles. The number of benzene rings is 1. The van der Waals surface area contributed by atoms with Crippen LogP contribution in [0.5, 0.6) is 11.5 Å². The number of carbonyl (C=O) groups is 2. The molecule has 2 amide bonds. The molecule has 9 nitrogen and oxygen atoms in total. The van der Waals surface area contributed by atoms with Crippen LogP contribution in [-0.4, -0.2) is 55.9 Å². The van der Waals surface area contributed by atoms with Gasteiger partial charge < -0.3 is 19.7 Å². The van der Waals surface area contributed by atoms with Crippen molar-refractivity contribution >= 4 is 39.1 Å². The minimum Gasteiger partial charge on any atom is -0.497 e. The van der Waals surface area contributed by atoms with Crippen molar-refractivity contribution < 1.29 is 19.1 Å². The van der Waals surface area contributed by atoms with Crippen LogP contribution in [0.25, 0.3) is 0 Å². The lowest BCUT2D eigenvalue weighted by molar-refractivity contribution is -0.120. The van der Waals surface area contributed by atoms with Crippen LogP contribution >= 0.6 is 11.3 Å². The van der Waals surface area contributed by atoms with Crippen LogP contribution in [0.2, 0.25) is 0 Å². The first-order valence-corrected chi connectivity index (χ1v) is 10.8. The molecule has 2 aliphatic rings. The molecule has 30 heavy (non-hydrogen) atoms. The Morgan fingerprint density at radius 3 is 2.50 bits per heavy atom. The van der Waals surface area contributed by atoms with Gasteiger partial charge in [-0.3, -0.25) is 14.5 Å². The van der Waals surface area contributed by atoms with Gasteiger partial charge in [-0.15, -0.1) is 10.2 Å². The number of carbonyl (C=O) groups excluding carboxylic acids is 2. The second-order valence-electron chi connectivity index (χ2n) is 7.39. The van der Waals surface area contributed by atoms with E-state index in [4.69, 9.17) is 9.47 Å². The number of nitrogens with one attached hydrogen (secondary N) is 1. The first-order chi connectivity index (χ1) is 14.6. The van der Waals surface area contributed by atoms with Crippen molar-refractivity contribution in [2.45, 2.75) is 25.7 Å². The zero-order chi connectivity index (χ0) is 21.1. The molecular formula is C20H25N5O4S. The third-order valence-corrected chi connectivity index (χ3v) is 6.40. The number of ether oxygens (including phenoxy) is 2. The summed E-state index contributed by atoms with van der Waals surface area (Å²) in [5.41, 5.74) is 0.638. The number of nitrogens with zero attached hydrogens (tertiary/aromatic N) is 4. The molecule has 0 saturated carbocycles. The molecule has 3 heterocycles. The van der Waals surface area contributed by atoms with E-state index in [1.165, 1.54) is 11.3 Å². The monoisotopic (exact) mass is 431 g/mol. The lowest BCUT2D eigenvalue weighted by atomic mass is 9.97. The number of hydrogen-bond donors (Lipinski definition) is 1. The van der Waals surface area contributed by atoms with Gasteiger partial charge in [0.1, 0.15) is 11.5 Å². The van der Waals surface area contributed by atoms with E-state index in [1.54, 1.807) is 37.3 Å². The molecule has 2 fully saturated rings. The Kier molecular flexibility index (Phi) is 6.03. The number of rotatable bonds is 6. The summed E-state index contributed by atoms with van der Waals surface area (Å²) in [4.78, 5) is 28.6. The summed E-state index contributed by atoms with van der Waals surface area (Å²) >= 11 is 1.41. The molecule has 1 atom stereocenters. The zero-order valence-corrected chi connectivity index (χ0v) is 17.9. The van der Waals surface area contributed by atoms with E-state index in [2.05, 4.69) is 20.4 Å². The van der Waals surface area contributed by atoms with Crippen molar-refractivity contribution in [2.75, 3.05) is 49.0 Å². The third kappa shape index (κ3) is 4.33. The van der Waals surface area contributed by atoms with E-state index in [9.17, 15) is 9.59 Å². The molecule has 160 valence electrons. The number of hydrogen-bond acceptors (Lipinski definition) is 8. The minimum atomic E-state index is -0.170. The normalized spacial score (nSPS) is 19.1. The Hall–Kier alpha value is -2.88. The first kappa shape index (κ1) is 20.4. The van der Waals surface area contributed by atoms with E-state index < -0.39 is 0 Å². The molecule has 2 aromatic rings. The van der Waals surface area contributed by atoms with Crippen LogP contribution in [0.1, 0.15) is 25.7 Å². The van der Waals surface area contributed by atoms with Gasteiger partial charge in [-0.05, 0) is 19.3 Å². The van der Waals surface area contributed by atoms with Crippen molar-refractivity contribution in [2.24, 2.45) is 5.92 Å². The summed E-state index contributed by atoms with van der Waals surface area (Å²) < 4.78 is 10.5. The highest BCUT2D eigenvalue weighted by Gasteiger charge is 2.30. The predicted molar refractivity (Wildman–Crippen MR) is 115 cm³/mol. The Balaban J connectivity index is 1.42. The minimum absolute atomic E-state index is 0.0468. The lowest BCUT2D eigenvalue weighted by Crippen LogP contribution is -2.40. The van der Waals surface area contributed by atoms with Crippen LogP contribution in [0.15, 0.2) is 18.2 Å². The molecule has 4 rings (SSSR count). The Morgan fingerprint density at radius 2 is 1.83 bits per heavy atom. The van der Waals surface area contributed by atoms with Crippen LogP contribution in [-0.2, 0) is 9.59 Å². The summed E-state index contributed by atoms with van der Waals surface area (Å²) in [5.74, 6) is 1.12. The van der Waals surface area contributed by atoms with Crippen molar-refractivity contribution in [1.29, 1.82) is 0 Å². The van der Waals surface area contributed by atoms with E-state index >= 15 is 0 Å². The van der Waals surface area contributed by atoms with Crippen LogP contribution in [0.3, 0.4) is 0 Å². The highest BCUT2D eigenvalue weighted by atomic mass is 32.1. The second-order valence-corrected chi connectivity index (χ2v) is 8.33. The standard InChI is InChI=1S/C20H25N5O4S/c1-28-15-9-14(10-16(11-15)29-2)21-18(27)13-5-3-7-24(12-13)19-22-23-20(30-19)25-8-4-6-17(25)26/h9-11,13H,3-8,12H2,1-2H3,(H,21,27)/t13-/m0/s1. The fourth-order valence-corrected chi connectivity index (χ4v) is 4.71. The van der Waals surface area contributed by atoms with Gasteiger partial charge in [0.15, 0.2) is 0 Å². The Labute approximate surface area is 179 Å². The molecule has 2 saturated heterocycles. The predicted octanol–water partition coefficient (Wildman–Crippen LogP) is 2.54. The first-order valence-electron chi connectivity index (χ1n) is 10.00. The number of anilines is 3. The molecule has 0 radical (unpaired) electrons. The van der Waals surface area contributed by atoms with Crippen molar-refractivity contribution in [1.82, 2.24) is 10.2 Å². The van der Waals surface area contributed by atoms with E-state index in [1.807, 2.05) is 0 Å². The van der Waals surface area contributed by atoms with Crippen molar-refractivity contribution in [3.8, 4) is 11.5 Å². The quantitative estimate of drug-likeness (QED) is 0.751. The summed E-state index contributed by atoms with van der Waals surface area (Å²) in [5, 5.41) is 12.9. The lowest BCUT2D eigenvalue weighted by Gasteiger charge is -2.31. The van der Waals surface area contributed by atoms with E-state index in [0.29, 0.717) is 41.8 Å². The third-order valence-electron chi connectivity index (χ3n) is 5.39. The molecule has 1 aromatic carbocycles. The average molecular weight is 432 g/mol.